The molecule has 0 spiro atoms. The number of rotatable bonds is 2. The number of fused-ring (bicyclic) bond motifs is 1. The Labute approximate surface area is 134 Å². The first kappa shape index (κ1) is 14.3. The summed E-state index contributed by atoms with van der Waals surface area (Å²) < 4.78 is 26.7. The number of amides is 3. The average Bonchev–Trinajstić information content (AvgIpc) is 2.78. The van der Waals surface area contributed by atoms with Crippen LogP contribution in [0, 0.1) is 3.57 Å². The molecule has 1 heterocycles. The molecule has 2 aromatic rings. The van der Waals surface area contributed by atoms with Crippen molar-refractivity contribution in [2.45, 2.75) is 4.90 Å². The van der Waals surface area contributed by atoms with Crippen LogP contribution >= 0.6 is 22.6 Å². The van der Waals surface area contributed by atoms with Gasteiger partial charge in [-0.3, -0.25) is 10.1 Å². The van der Waals surface area contributed by atoms with Crippen molar-refractivity contribution in [3.8, 4) is 0 Å². The van der Waals surface area contributed by atoms with E-state index in [4.69, 9.17) is 0 Å². The number of carbonyl (C=O) groups excluding carboxylic acids is 2. The van der Waals surface area contributed by atoms with Crippen molar-refractivity contribution in [2.24, 2.45) is 0 Å². The first-order valence-corrected chi connectivity index (χ1v) is 8.47. The predicted octanol–water partition coefficient (Wildman–Crippen LogP) is 1.68. The number of hydrogen-bond acceptors (Lipinski definition) is 4. The summed E-state index contributed by atoms with van der Waals surface area (Å²) in [5.41, 5.74) is 0. The molecule has 0 saturated carbocycles. The minimum absolute atomic E-state index is 0.0170. The van der Waals surface area contributed by atoms with E-state index in [-0.39, 0.29) is 4.90 Å². The lowest BCUT2D eigenvalue weighted by Crippen LogP contribution is -2.34. The Hall–Kier alpha value is -1.68. The molecule has 2 aromatic carbocycles. The molecule has 108 valence electrons. The van der Waals surface area contributed by atoms with Gasteiger partial charge in [0.1, 0.15) is 6.54 Å². The number of benzene rings is 2. The third kappa shape index (κ3) is 2.27. The fourth-order valence-electron chi connectivity index (χ4n) is 2.20. The van der Waals surface area contributed by atoms with Crippen molar-refractivity contribution in [3.05, 3.63) is 40.0 Å². The van der Waals surface area contributed by atoms with Gasteiger partial charge in [-0.15, -0.1) is 0 Å². The monoisotopic (exact) mass is 416 g/mol. The maximum absolute atomic E-state index is 12.6. The highest BCUT2D eigenvalue weighted by atomic mass is 127. The molecule has 0 atom stereocenters. The van der Waals surface area contributed by atoms with Gasteiger partial charge in [0.05, 0.1) is 4.90 Å². The molecule has 8 heteroatoms. The summed E-state index contributed by atoms with van der Waals surface area (Å²) in [5, 5.41) is 3.28. The fraction of sp³-hybridized carbons (Fsp3) is 0.0769. The molecule has 0 radical (unpaired) electrons. The Balaban J connectivity index is 2.23. The molecular weight excluding hydrogens is 407 g/mol. The summed E-state index contributed by atoms with van der Waals surface area (Å²) in [6.45, 7) is -0.485. The average molecular weight is 416 g/mol. The quantitative estimate of drug-likeness (QED) is 0.597. The van der Waals surface area contributed by atoms with E-state index >= 15 is 0 Å². The van der Waals surface area contributed by atoms with Crippen molar-refractivity contribution in [2.75, 3.05) is 6.54 Å². The Kier molecular flexibility index (Phi) is 3.36. The lowest BCUT2D eigenvalue weighted by Gasteiger charge is -2.15. The topological polar surface area (TPSA) is 83.6 Å². The van der Waals surface area contributed by atoms with E-state index in [9.17, 15) is 18.0 Å². The van der Waals surface area contributed by atoms with E-state index in [2.05, 4.69) is 22.6 Å². The second-order valence-electron chi connectivity index (χ2n) is 4.46. The molecule has 1 saturated heterocycles. The van der Waals surface area contributed by atoms with Gasteiger partial charge in [0.25, 0.3) is 10.0 Å². The Morgan fingerprint density at radius 1 is 1.05 bits per heavy atom. The molecule has 1 aliphatic heterocycles. The van der Waals surface area contributed by atoms with Crippen LogP contribution in [0.5, 0.6) is 0 Å². The summed E-state index contributed by atoms with van der Waals surface area (Å²) in [4.78, 5) is 22.9. The summed E-state index contributed by atoms with van der Waals surface area (Å²) in [7, 11) is -4.07. The first-order chi connectivity index (χ1) is 9.91. The number of nitrogens with one attached hydrogen (secondary N) is 1. The third-order valence-corrected chi connectivity index (χ3v) is 5.88. The van der Waals surface area contributed by atoms with Crippen molar-refractivity contribution < 1.29 is 18.0 Å². The fourth-order valence-corrected chi connectivity index (χ4v) is 4.38. The van der Waals surface area contributed by atoms with Gasteiger partial charge < -0.3 is 0 Å². The standard InChI is InChI=1S/C13H9IN2O4S/c14-10-5-1-4-9-8(10)3-2-6-11(9)21(19,20)16-7-12(17)15-13(16)18/h1-6H,7H2,(H,15,17,18). The zero-order valence-corrected chi connectivity index (χ0v) is 13.5. The molecule has 0 aliphatic carbocycles. The van der Waals surface area contributed by atoms with Gasteiger partial charge in [-0.2, -0.15) is 0 Å². The summed E-state index contributed by atoms with van der Waals surface area (Å²) >= 11 is 2.12. The number of sulfonamides is 1. The van der Waals surface area contributed by atoms with Gasteiger partial charge in [-0.25, -0.2) is 17.5 Å². The predicted molar refractivity (Wildman–Crippen MR) is 84.1 cm³/mol. The van der Waals surface area contributed by atoms with Crippen LogP contribution in [0.2, 0.25) is 0 Å². The SMILES string of the molecule is O=C1CN(S(=O)(=O)c2cccc3c(I)cccc23)C(=O)N1. The van der Waals surface area contributed by atoms with Crippen LogP contribution in [0.25, 0.3) is 10.8 Å². The van der Waals surface area contributed by atoms with E-state index in [1.165, 1.54) is 6.07 Å². The minimum atomic E-state index is -4.07. The molecule has 0 unspecified atom stereocenters. The second kappa shape index (κ2) is 4.95. The van der Waals surface area contributed by atoms with Gasteiger partial charge in [0.2, 0.25) is 5.91 Å². The Morgan fingerprint density at radius 3 is 2.38 bits per heavy atom. The van der Waals surface area contributed by atoms with Crippen LogP contribution in [-0.4, -0.2) is 31.2 Å². The number of hydrogen-bond donors (Lipinski definition) is 1. The van der Waals surface area contributed by atoms with Gasteiger partial charge in [-0.1, -0.05) is 24.3 Å². The highest BCUT2D eigenvalue weighted by Crippen LogP contribution is 2.29. The van der Waals surface area contributed by atoms with E-state index in [1.54, 1.807) is 18.2 Å². The first-order valence-electron chi connectivity index (χ1n) is 5.95. The smallest absolute Gasteiger partial charge is 0.275 e. The highest BCUT2D eigenvalue weighted by Gasteiger charge is 2.38. The maximum Gasteiger partial charge on any atom is 0.338 e. The third-order valence-electron chi connectivity index (χ3n) is 3.16. The molecule has 0 aromatic heterocycles. The normalized spacial score (nSPS) is 15.6. The van der Waals surface area contributed by atoms with E-state index in [0.717, 1.165) is 8.96 Å². The summed E-state index contributed by atoms with van der Waals surface area (Å²) in [6, 6.07) is 9.24. The van der Waals surface area contributed by atoms with Crippen LogP contribution in [0.3, 0.4) is 0 Å². The van der Waals surface area contributed by atoms with Crippen LogP contribution in [0.4, 0.5) is 4.79 Å². The summed E-state index contributed by atoms with van der Waals surface area (Å²) in [6.07, 6.45) is 0. The molecule has 1 N–H and O–H groups in total. The molecule has 3 amide bonds. The van der Waals surface area contributed by atoms with Crippen molar-refractivity contribution >= 4 is 55.3 Å². The van der Waals surface area contributed by atoms with E-state index in [0.29, 0.717) is 9.69 Å². The lowest BCUT2D eigenvalue weighted by molar-refractivity contribution is -0.118. The highest BCUT2D eigenvalue weighted by molar-refractivity contribution is 14.1. The van der Waals surface area contributed by atoms with Crippen molar-refractivity contribution in [3.63, 3.8) is 0 Å². The van der Waals surface area contributed by atoms with Crippen LogP contribution in [0.15, 0.2) is 41.3 Å². The molecule has 1 fully saturated rings. The van der Waals surface area contributed by atoms with E-state index in [1.807, 2.05) is 17.4 Å². The number of nitrogens with zero attached hydrogens (tertiary/aromatic N) is 1. The number of urea groups is 1. The number of imide groups is 1. The number of carbonyl (C=O) groups is 2. The Morgan fingerprint density at radius 2 is 1.71 bits per heavy atom. The molecule has 1 aliphatic rings. The van der Waals surface area contributed by atoms with Crippen LogP contribution in [0.1, 0.15) is 0 Å². The lowest BCUT2D eigenvalue weighted by atomic mass is 10.1. The molecule has 21 heavy (non-hydrogen) atoms. The summed E-state index contributed by atoms with van der Waals surface area (Å²) in [5.74, 6) is -0.626. The number of halogens is 1. The maximum atomic E-state index is 12.6. The van der Waals surface area contributed by atoms with E-state index < -0.39 is 28.5 Å². The van der Waals surface area contributed by atoms with Crippen LogP contribution in [-0.2, 0) is 14.8 Å². The molecular formula is C13H9IN2O4S. The van der Waals surface area contributed by atoms with Gasteiger partial charge >= 0.3 is 6.03 Å². The zero-order valence-electron chi connectivity index (χ0n) is 10.5. The van der Waals surface area contributed by atoms with Crippen molar-refractivity contribution in [1.82, 2.24) is 9.62 Å². The molecule has 6 nitrogen and oxygen atoms in total. The second-order valence-corrected chi connectivity index (χ2v) is 7.45. The largest absolute Gasteiger partial charge is 0.338 e. The zero-order chi connectivity index (χ0) is 15.2. The van der Waals surface area contributed by atoms with Crippen LogP contribution < -0.4 is 5.32 Å². The minimum Gasteiger partial charge on any atom is -0.275 e. The van der Waals surface area contributed by atoms with Gasteiger partial charge in [0, 0.05) is 8.96 Å². The van der Waals surface area contributed by atoms with Gasteiger partial charge in [-0.05, 0) is 40.1 Å². The van der Waals surface area contributed by atoms with Gasteiger partial charge in [0.15, 0.2) is 0 Å². The Bertz CT molecular complexity index is 879. The van der Waals surface area contributed by atoms with Crippen molar-refractivity contribution in [1.29, 1.82) is 0 Å². The molecule has 0 bridgehead atoms. The molecule has 3 rings (SSSR count).